The topological polar surface area (TPSA) is 82.0 Å². The largest absolute Gasteiger partial charge is 0.323 e. The van der Waals surface area contributed by atoms with Gasteiger partial charge in [0.1, 0.15) is 6.20 Å². The van der Waals surface area contributed by atoms with Crippen LogP contribution in [0.5, 0.6) is 0 Å². The Balaban J connectivity index is 2.87. The molecule has 0 aromatic carbocycles. The molecule has 5 heteroatoms. The first kappa shape index (κ1) is 9.60. The van der Waals surface area contributed by atoms with E-state index in [1.807, 2.05) is 6.92 Å². The number of aromatic nitrogens is 1. The van der Waals surface area contributed by atoms with E-state index < -0.39 is 4.92 Å². The molecule has 0 bridgehead atoms. The smallest absolute Gasteiger partial charge is 0.287 e. The number of hydrogen-bond donors (Lipinski definition) is 1. The molecule has 1 heterocycles. The van der Waals surface area contributed by atoms with Crippen LogP contribution in [0, 0.1) is 10.1 Å². The zero-order valence-corrected chi connectivity index (χ0v) is 7.30. The normalized spacial score (nSPS) is 12.5. The van der Waals surface area contributed by atoms with Crippen LogP contribution in [-0.2, 0) is 0 Å². The summed E-state index contributed by atoms with van der Waals surface area (Å²) in [5, 5.41) is 10.3. The van der Waals surface area contributed by atoms with E-state index in [0.717, 1.165) is 6.42 Å². The minimum Gasteiger partial charge on any atom is -0.323 e. The van der Waals surface area contributed by atoms with Gasteiger partial charge in [0.15, 0.2) is 0 Å². The van der Waals surface area contributed by atoms with Crippen LogP contribution < -0.4 is 5.73 Å². The maximum atomic E-state index is 10.3. The van der Waals surface area contributed by atoms with E-state index in [9.17, 15) is 10.1 Å². The van der Waals surface area contributed by atoms with Gasteiger partial charge in [-0.3, -0.25) is 15.1 Å². The molecule has 5 nitrogen and oxygen atoms in total. The van der Waals surface area contributed by atoms with Gasteiger partial charge in [-0.1, -0.05) is 6.92 Å². The van der Waals surface area contributed by atoms with Gasteiger partial charge in [-0.2, -0.15) is 0 Å². The van der Waals surface area contributed by atoms with E-state index in [2.05, 4.69) is 4.98 Å². The lowest BCUT2D eigenvalue weighted by Gasteiger charge is -2.06. The summed E-state index contributed by atoms with van der Waals surface area (Å²) in [5.74, 6) is 0. The molecule has 0 saturated heterocycles. The Labute approximate surface area is 75.7 Å². The molecule has 0 amide bonds. The molecular formula is C8H11N3O2. The minimum atomic E-state index is -0.478. The first-order valence-corrected chi connectivity index (χ1v) is 4.01. The summed E-state index contributed by atoms with van der Waals surface area (Å²) in [4.78, 5) is 13.7. The maximum Gasteiger partial charge on any atom is 0.287 e. The summed E-state index contributed by atoms with van der Waals surface area (Å²) in [5.41, 5.74) is 6.37. The van der Waals surface area contributed by atoms with Crippen LogP contribution >= 0.6 is 0 Å². The first-order valence-electron chi connectivity index (χ1n) is 4.01. The Morgan fingerprint density at radius 2 is 2.38 bits per heavy atom. The van der Waals surface area contributed by atoms with Crippen molar-refractivity contribution >= 4 is 5.69 Å². The van der Waals surface area contributed by atoms with Gasteiger partial charge < -0.3 is 5.73 Å². The molecule has 0 aliphatic carbocycles. The third-order valence-electron chi connectivity index (χ3n) is 1.80. The van der Waals surface area contributed by atoms with Gasteiger partial charge in [0.05, 0.1) is 10.6 Å². The van der Waals surface area contributed by atoms with Crippen LogP contribution in [0.1, 0.15) is 25.1 Å². The van der Waals surface area contributed by atoms with Crippen molar-refractivity contribution in [2.75, 3.05) is 0 Å². The Bertz CT molecular complexity index is 297. The summed E-state index contributed by atoms with van der Waals surface area (Å²) >= 11 is 0. The summed E-state index contributed by atoms with van der Waals surface area (Å²) < 4.78 is 0. The molecule has 0 saturated carbocycles. The van der Waals surface area contributed by atoms with Crippen LogP contribution in [0.4, 0.5) is 5.69 Å². The number of rotatable bonds is 3. The molecular weight excluding hydrogens is 170 g/mol. The highest BCUT2D eigenvalue weighted by Crippen LogP contribution is 2.14. The zero-order valence-electron chi connectivity index (χ0n) is 7.30. The molecule has 0 aliphatic rings. The molecule has 1 aromatic rings. The van der Waals surface area contributed by atoms with Gasteiger partial charge in [-0.15, -0.1) is 0 Å². The van der Waals surface area contributed by atoms with E-state index in [0.29, 0.717) is 5.69 Å². The van der Waals surface area contributed by atoms with Crippen molar-refractivity contribution in [2.24, 2.45) is 5.73 Å². The second-order valence-electron chi connectivity index (χ2n) is 2.71. The predicted molar refractivity (Wildman–Crippen MR) is 48.1 cm³/mol. The van der Waals surface area contributed by atoms with E-state index in [4.69, 9.17) is 5.73 Å². The van der Waals surface area contributed by atoms with Crippen molar-refractivity contribution in [1.82, 2.24) is 4.98 Å². The van der Waals surface area contributed by atoms with Crippen molar-refractivity contribution < 1.29 is 4.92 Å². The average Bonchev–Trinajstić information content (AvgIpc) is 2.17. The van der Waals surface area contributed by atoms with Crippen molar-refractivity contribution in [3.8, 4) is 0 Å². The predicted octanol–water partition coefficient (Wildman–Crippen LogP) is 1.40. The van der Waals surface area contributed by atoms with Gasteiger partial charge in [0.25, 0.3) is 5.69 Å². The Kier molecular flexibility index (Phi) is 2.92. The molecule has 0 fully saturated rings. The Morgan fingerprint density at radius 1 is 1.69 bits per heavy atom. The minimum absolute atomic E-state index is 0.00736. The quantitative estimate of drug-likeness (QED) is 0.564. The molecule has 0 radical (unpaired) electrons. The average molecular weight is 181 g/mol. The molecule has 13 heavy (non-hydrogen) atoms. The number of nitrogens with two attached hydrogens (primary N) is 1. The molecule has 0 aliphatic heterocycles. The van der Waals surface area contributed by atoms with E-state index in [1.165, 1.54) is 12.3 Å². The van der Waals surface area contributed by atoms with Crippen LogP contribution in [0.3, 0.4) is 0 Å². The zero-order chi connectivity index (χ0) is 9.84. The van der Waals surface area contributed by atoms with E-state index in [1.54, 1.807) is 6.07 Å². The Hall–Kier alpha value is -1.49. The fraction of sp³-hybridized carbons (Fsp3) is 0.375. The second kappa shape index (κ2) is 3.95. The highest BCUT2D eigenvalue weighted by Gasteiger charge is 2.08. The molecule has 70 valence electrons. The van der Waals surface area contributed by atoms with Gasteiger partial charge in [0.2, 0.25) is 0 Å². The lowest BCUT2D eigenvalue weighted by molar-refractivity contribution is -0.385. The summed E-state index contributed by atoms with van der Waals surface area (Å²) in [6, 6.07) is 2.87. The number of pyridine rings is 1. The first-order chi connectivity index (χ1) is 6.15. The van der Waals surface area contributed by atoms with Gasteiger partial charge >= 0.3 is 0 Å². The van der Waals surface area contributed by atoms with Crippen LogP contribution in [0.15, 0.2) is 18.3 Å². The van der Waals surface area contributed by atoms with Crippen molar-refractivity contribution in [3.63, 3.8) is 0 Å². The second-order valence-corrected chi connectivity index (χ2v) is 2.71. The monoisotopic (exact) mass is 181 g/mol. The third-order valence-corrected chi connectivity index (χ3v) is 1.80. The SMILES string of the molecule is CC[C@@H](N)c1ccc([N+](=O)[O-])cn1. The fourth-order valence-corrected chi connectivity index (χ4v) is 0.934. The van der Waals surface area contributed by atoms with E-state index in [-0.39, 0.29) is 11.7 Å². The number of nitro groups is 1. The lowest BCUT2D eigenvalue weighted by Crippen LogP contribution is -2.10. The summed E-state index contributed by atoms with van der Waals surface area (Å²) in [6.45, 7) is 1.94. The third kappa shape index (κ3) is 2.22. The fourth-order valence-electron chi connectivity index (χ4n) is 0.934. The van der Waals surface area contributed by atoms with Crippen LogP contribution in [-0.4, -0.2) is 9.91 Å². The van der Waals surface area contributed by atoms with Gasteiger partial charge in [-0.05, 0) is 12.5 Å². The van der Waals surface area contributed by atoms with Gasteiger partial charge in [0, 0.05) is 12.1 Å². The molecule has 1 rings (SSSR count). The van der Waals surface area contributed by atoms with Gasteiger partial charge in [-0.25, -0.2) is 0 Å². The van der Waals surface area contributed by atoms with Crippen LogP contribution in [0.25, 0.3) is 0 Å². The van der Waals surface area contributed by atoms with Crippen molar-refractivity contribution in [3.05, 3.63) is 34.1 Å². The molecule has 1 aromatic heterocycles. The van der Waals surface area contributed by atoms with Crippen LogP contribution in [0.2, 0.25) is 0 Å². The molecule has 0 spiro atoms. The van der Waals surface area contributed by atoms with Crippen molar-refractivity contribution in [1.29, 1.82) is 0 Å². The highest BCUT2D eigenvalue weighted by atomic mass is 16.6. The highest BCUT2D eigenvalue weighted by molar-refractivity contribution is 5.27. The number of hydrogen-bond acceptors (Lipinski definition) is 4. The number of nitrogens with zero attached hydrogens (tertiary/aromatic N) is 2. The Morgan fingerprint density at radius 3 is 2.77 bits per heavy atom. The molecule has 0 unspecified atom stereocenters. The van der Waals surface area contributed by atoms with E-state index >= 15 is 0 Å². The maximum absolute atomic E-state index is 10.3. The summed E-state index contributed by atoms with van der Waals surface area (Å²) in [7, 11) is 0. The lowest BCUT2D eigenvalue weighted by atomic mass is 10.1. The molecule has 2 N–H and O–H groups in total. The molecule has 1 atom stereocenters. The van der Waals surface area contributed by atoms with Crippen molar-refractivity contribution in [2.45, 2.75) is 19.4 Å². The summed E-state index contributed by atoms with van der Waals surface area (Å²) in [6.07, 6.45) is 2.00. The standard InChI is InChI=1S/C8H11N3O2/c1-2-7(9)8-4-3-6(5-10-8)11(12)13/h3-5,7H,2,9H2,1H3/t7-/m1/s1.